The zero-order chi connectivity index (χ0) is 23.6. The van der Waals surface area contributed by atoms with E-state index < -0.39 is 23.8 Å². The number of methoxy groups -OCH3 is 2. The van der Waals surface area contributed by atoms with Gasteiger partial charge in [0, 0.05) is 11.0 Å². The van der Waals surface area contributed by atoms with Crippen LogP contribution in [0.2, 0.25) is 0 Å². The molecule has 0 radical (unpaired) electrons. The van der Waals surface area contributed by atoms with Gasteiger partial charge in [-0.05, 0) is 38.5 Å². The van der Waals surface area contributed by atoms with Crippen molar-refractivity contribution in [3.63, 3.8) is 0 Å². The second-order valence-electron chi connectivity index (χ2n) is 7.50. The summed E-state index contributed by atoms with van der Waals surface area (Å²) in [6, 6.07) is 7.44. The number of carbonyl (C=O) groups excluding carboxylic acids is 3. The van der Waals surface area contributed by atoms with E-state index in [4.69, 9.17) is 4.74 Å². The van der Waals surface area contributed by atoms with Gasteiger partial charge >= 0.3 is 18.0 Å². The first-order valence-corrected chi connectivity index (χ1v) is 10.2. The lowest BCUT2D eigenvalue weighted by Crippen LogP contribution is -2.48. The number of hydrazine groups is 1. The van der Waals surface area contributed by atoms with E-state index in [0.717, 1.165) is 10.0 Å². The molecule has 0 aliphatic carbocycles. The van der Waals surface area contributed by atoms with Crippen LogP contribution in [0.4, 0.5) is 4.79 Å². The van der Waals surface area contributed by atoms with Crippen LogP contribution in [0.15, 0.2) is 28.7 Å². The summed E-state index contributed by atoms with van der Waals surface area (Å²) in [7, 11) is 2.54. The number of carbonyl (C=O) groups is 3. The van der Waals surface area contributed by atoms with Crippen LogP contribution < -0.4 is 5.43 Å². The Morgan fingerprint density at radius 2 is 1.81 bits per heavy atom. The van der Waals surface area contributed by atoms with Crippen LogP contribution in [0.3, 0.4) is 0 Å². The minimum Gasteiger partial charge on any atom is -0.467 e. The third kappa shape index (κ3) is 11.7. The Morgan fingerprint density at radius 1 is 1.23 bits per heavy atom. The number of nitrogens with zero attached hydrogens (tertiary/aromatic N) is 1. The van der Waals surface area contributed by atoms with Crippen molar-refractivity contribution in [2.24, 2.45) is 0 Å². The SMILES string of the molecule is COC(=O)[C@H](O)CN(Cc1ccc(Br)cc1)NC(=O)OC(C)(C)C.COC(=O)[C@H]1CO1. The normalized spacial score (nSPS) is 15.8. The monoisotopic (exact) mass is 504 g/mol. The Morgan fingerprint density at radius 3 is 2.23 bits per heavy atom. The molecule has 0 aromatic heterocycles. The maximum atomic E-state index is 12.0. The Balaban J connectivity index is 0.000000577. The number of hydrogen-bond donors (Lipinski definition) is 2. The van der Waals surface area contributed by atoms with Crippen LogP contribution in [0, 0.1) is 0 Å². The number of aliphatic hydroxyl groups is 1. The highest BCUT2D eigenvalue weighted by Gasteiger charge is 2.32. The first-order valence-electron chi connectivity index (χ1n) is 9.39. The molecule has 1 aliphatic heterocycles. The van der Waals surface area contributed by atoms with E-state index in [1.807, 2.05) is 24.3 Å². The third-order valence-electron chi connectivity index (χ3n) is 3.60. The highest BCUT2D eigenvalue weighted by atomic mass is 79.9. The summed E-state index contributed by atoms with van der Waals surface area (Å²) in [6.07, 6.45) is -2.30. The minimum absolute atomic E-state index is 0.137. The molecule has 2 N–H and O–H groups in total. The standard InChI is InChI=1S/C16H23BrN2O5.C4H6O3/c1-16(2,3)24-15(22)18-19(10-13(20)14(21)23-4)9-11-5-7-12(17)8-6-11;1-6-4(5)3-2-7-3/h5-8,13,20H,9-10H2,1-4H3,(H,18,22);3H,2H2,1H3/t13-;3-/m11/s1. The number of hydrogen-bond acceptors (Lipinski definition) is 9. The maximum Gasteiger partial charge on any atom is 0.422 e. The van der Waals surface area contributed by atoms with Gasteiger partial charge in [0.05, 0.1) is 27.4 Å². The van der Waals surface area contributed by atoms with Crippen LogP contribution in [0.1, 0.15) is 26.3 Å². The molecule has 1 heterocycles. The summed E-state index contributed by atoms with van der Waals surface area (Å²) in [5, 5.41) is 11.2. The lowest BCUT2D eigenvalue weighted by molar-refractivity contribution is -0.152. The molecule has 2 atom stereocenters. The van der Waals surface area contributed by atoms with Crippen molar-refractivity contribution in [3.8, 4) is 0 Å². The molecule has 2 rings (SSSR count). The fourth-order valence-corrected chi connectivity index (χ4v) is 2.39. The maximum absolute atomic E-state index is 12.0. The van der Waals surface area contributed by atoms with Crippen LogP contribution in [0.25, 0.3) is 0 Å². The van der Waals surface area contributed by atoms with Crippen LogP contribution in [-0.2, 0) is 35.1 Å². The van der Waals surface area contributed by atoms with Gasteiger partial charge in [0.15, 0.2) is 12.2 Å². The van der Waals surface area contributed by atoms with E-state index in [-0.39, 0.29) is 25.2 Å². The van der Waals surface area contributed by atoms with Crippen molar-refractivity contribution in [2.75, 3.05) is 27.4 Å². The molecule has 31 heavy (non-hydrogen) atoms. The molecule has 0 spiro atoms. The van der Waals surface area contributed by atoms with E-state index in [9.17, 15) is 19.5 Å². The number of ether oxygens (including phenoxy) is 4. The number of amides is 1. The van der Waals surface area contributed by atoms with Gasteiger partial charge in [0.1, 0.15) is 5.60 Å². The molecule has 10 nitrogen and oxygen atoms in total. The molecule has 0 unspecified atom stereocenters. The van der Waals surface area contributed by atoms with E-state index in [0.29, 0.717) is 6.61 Å². The van der Waals surface area contributed by atoms with Gasteiger partial charge in [-0.2, -0.15) is 0 Å². The average molecular weight is 505 g/mol. The van der Waals surface area contributed by atoms with Crippen LogP contribution >= 0.6 is 15.9 Å². The van der Waals surface area contributed by atoms with Gasteiger partial charge in [0.2, 0.25) is 0 Å². The van der Waals surface area contributed by atoms with Crippen molar-refractivity contribution >= 4 is 34.0 Å². The Kier molecular flexibility index (Phi) is 10.9. The Labute approximate surface area is 189 Å². The predicted molar refractivity (Wildman–Crippen MR) is 114 cm³/mol. The van der Waals surface area contributed by atoms with Gasteiger partial charge in [-0.3, -0.25) is 5.43 Å². The molecular formula is C20H29BrN2O8. The molecule has 1 aromatic rings. The van der Waals surface area contributed by atoms with E-state index in [2.05, 4.69) is 35.6 Å². The van der Waals surface area contributed by atoms with Crippen LogP contribution in [-0.4, -0.2) is 73.3 Å². The Bertz CT molecular complexity index is 732. The molecule has 1 aromatic carbocycles. The number of rotatable bonds is 7. The first kappa shape index (κ1) is 26.8. The lowest BCUT2D eigenvalue weighted by Gasteiger charge is -2.27. The molecule has 0 bridgehead atoms. The minimum atomic E-state index is -1.39. The molecule has 0 saturated carbocycles. The van der Waals surface area contributed by atoms with Gasteiger partial charge in [-0.1, -0.05) is 28.1 Å². The second-order valence-corrected chi connectivity index (χ2v) is 8.42. The number of epoxide rings is 1. The zero-order valence-electron chi connectivity index (χ0n) is 18.2. The lowest BCUT2D eigenvalue weighted by atomic mass is 10.2. The van der Waals surface area contributed by atoms with Gasteiger partial charge in [-0.15, -0.1) is 0 Å². The van der Waals surface area contributed by atoms with Gasteiger partial charge in [-0.25, -0.2) is 19.4 Å². The summed E-state index contributed by atoms with van der Waals surface area (Å²) < 4.78 is 19.5. The Hall–Kier alpha value is -2.21. The number of esters is 2. The number of aliphatic hydroxyl groups excluding tert-OH is 1. The number of halogens is 1. The summed E-state index contributed by atoms with van der Waals surface area (Å²) in [6.45, 7) is 5.91. The molecule has 1 amide bonds. The predicted octanol–water partition coefficient (Wildman–Crippen LogP) is 1.78. The van der Waals surface area contributed by atoms with Crippen molar-refractivity contribution in [1.82, 2.24) is 10.4 Å². The van der Waals surface area contributed by atoms with E-state index in [1.165, 1.54) is 19.2 Å². The fraction of sp³-hybridized carbons (Fsp3) is 0.550. The smallest absolute Gasteiger partial charge is 0.422 e. The second kappa shape index (κ2) is 12.6. The first-order chi connectivity index (χ1) is 14.4. The van der Waals surface area contributed by atoms with Gasteiger partial charge in [0.25, 0.3) is 0 Å². The van der Waals surface area contributed by atoms with Gasteiger partial charge < -0.3 is 24.1 Å². The highest BCUT2D eigenvalue weighted by Crippen LogP contribution is 2.13. The van der Waals surface area contributed by atoms with Crippen LogP contribution in [0.5, 0.6) is 0 Å². The number of benzene rings is 1. The molecule has 174 valence electrons. The van der Waals surface area contributed by atoms with E-state index in [1.54, 1.807) is 20.8 Å². The molecule has 11 heteroatoms. The quantitative estimate of drug-likeness (QED) is 0.247. The summed E-state index contributed by atoms with van der Waals surface area (Å²) in [4.78, 5) is 33.6. The largest absolute Gasteiger partial charge is 0.467 e. The fourth-order valence-electron chi connectivity index (χ4n) is 2.12. The average Bonchev–Trinajstić information content (AvgIpc) is 3.52. The highest BCUT2D eigenvalue weighted by molar-refractivity contribution is 9.10. The summed E-state index contributed by atoms with van der Waals surface area (Å²) in [5.41, 5.74) is 2.76. The van der Waals surface area contributed by atoms with E-state index >= 15 is 0 Å². The van der Waals surface area contributed by atoms with Crippen molar-refractivity contribution in [2.45, 2.75) is 45.1 Å². The summed E-state index contributed by atoms with van der Waals surface area (Å²) in [5.74, 6) is -1.04. The zero-order valence-corrected chi connectivity index (χ0v) is 19.8. The topological polar surface area (TPSA) is 127 Å². The molecule has 1 saturated heterocycles. The third-order valence-corrected chi connectivity index (χ3v) is 4.13. The van der Waals surface area contributed by atoms with Crippen molar-refractivity contribution < 1.29 is 38.4 Å². The molecular weight excluding hydrogens is 476 g/mol. The number of nitrogens with one attached hydrogen (secondary N) is 1. The molecule has 1 aliphatic rings. The molecule has 1 fully saturated rings. The van der Waals surface area contributed by atoms with Crippen molar-refractivity contribution in [1.29, 1.82) is 0 Å². The van der Waals surface area contributed by atoms with Crippen molar-refractivity contribution in [3.05, 3.63) is 34.3 Å². The summed E-state index contributed by atoms with van der Waals surface area (Å²) >= 11 is 3.35.